The van der Waals surface area contributed by atoms with Crippen LogP contribution in [-0.4, -0.2) is 49.2 Å². The molecule has 2 atom stereocenters. The Hall–Kier alpha value is -1.30. The lowest BCUT2D eigenvalue weighted by Gasteiger charge is -2.22. The van der Waals surface area contributed by atoms with Gasteiger partial charge in [-0.05, 0) is 18.8 Å². The number of methoxy groups -OCH3 is 1. The van der Waals surface area contributed by atoms with E-state index in [4.69, 9.17) is 5.73 Å². The molecule has 1 rings (SSSR count). The Balaban J connectivity index is 2.41. The van der Waals surface area contributed by atoms with E-state index in [0.717, 1.165) is 6.42 Å². The van der Waals surface area contributed by atoms with Crippen LogP contribution < -0.4 is 11.1 Å². The van der Waals surface area contributed by atoms with Gasteiger partial charge in [0.25, 0.3) is 0 Å². The second-order valence-corrected chi connectivity index (χ2v) is 5.14. The molecule has 0 radical (unpaired) electrons. The Morgan fingerprint density at radius 3 is 2.72 bits per heavy atom. The third kappa shape index (κ3) is 4.18. The highest BCUT2D eigenvalue weighted by molar-refractivity contribution is 5.82. The lowest BCUT2D eigenvalue weighted by Crippen LogP contribution is -2.45. The maximum absolute atomic E-state index is 12.0. The third-order valence-corrected chi connectivity index (χ3v) is 3.05. The van der Waals surface area contributed by atoms with Gasteiger partial charge in [0.05, 0.1) is 19.2 Å². The van der Waals surface area contributed by atoms with Crippen LogP contribution in [0.2, 0.25) is 0 Å². The van der Waals surface area contributed by atoms with E-state index in [1.54, 1.807) is 4.90 Å². The summed E-state index contributed by atoms with van der Waals surface area (Å²) in [6.45, 7) is 5.23. The highest BCUT2D eigenvalue weighted by Crippen LogP contribution is 2.13. The molecule has 6 heteroatoms. The van der Waals surface area contributed by atoms with Gasteiger partial charge in [0.15, 0.2) is 0 Å². The first kappa shape index (κ1) is 14.8. The fraction of sp³-hybridized carbons (Fsp3) is 0.833. The van der Waals surface area contributed by atoms with Gasteiger partial charge >= 0.3 is 6.09 Å². The van der Waals surface area contributed by atoms with Crippen molar-refractivity contribution < 1.29 is 14.3 Å². The average molecular weight is 257 g/mol. The summed E-state index contributed by atoms with van der Waals surface area (Å²) in [6, 6.07) is -0.477. The van der Waals surface area contributed by atoms with Crippen molar-refractivity contribution in [3.8, 4) is 0 Å². The Kier molecular flexibility index (Phi) is 5.40. The molecule has 2 amide bonds. The monoisotopic (exact) mass is 257 g/mol. The van der Waals surface area contributed by atoms with E-state index >= 15 is 0 Å². The first-order valence-electron chi connectivity index (χ1n) is 6.33. The summed E-state index contributed by atoms with van der Waals surface area (Å²) in [5, 5.41) is 2.70. The van der Waals surface area contributed by atoms with E-state index in [1.807, 2.05) is 13.8 Å². The minimum atomic E-state index is -0.458. The quantitative estimate of drug-likeness (QED) is 0.759. The maximum Gasteiger partial charge on any atom is 0.407 e. The Morgan fingerprint density at radius 2 is 2.17 bits per heavy atom. The van der Waals surface area contributed by atoms with Crippen LogP contribution in [0.5, 0.6) is 0 Å². The van der Waals surface area contributed by atoms with E-state index in [9.17, 15) is 9.59 Å². The van der Waals surface area contributed by atoms with Gasteiger partial charge in [-0.1, -0.05) is 13.8 Å². The van der Waals surface area contributed by atoms with Gasteiger partial charge in [-0.3, -0.25) is 4.79 Å². The second kappa shape index (κ2) is 6.58. The van der Waals surface area contributed by atoms with Crippen LogP contribution >= 0.6 is 0 Å². The van der Waals surface area contributed by atoms with Gasteiger partial charge in [-0.2, -0.15) is 0 Å². The molecule has 1 saturated heterocycles. The number of nitrogens with two attached hydrogens (primary N) is 1. The zero-order valence-electron chi connectivity index (χ0n) is 11.3. The summed E-state index contributed by atoms with van der Waals surface area (Å²) in [7, 11) is 1.33. The van der Waals surface area contributed by atoms with Gasteiger partial charge in [-0.15, -0.1) is 0 Å². The number of nitrogens with one attached hydrogen (secondary N) is 1. The van der Waals surface area contributed by atoms with Crippen LogP contribution in [0, 0.1) is 5.92 Å². The Morgan fingerprint density at radius 1 is 1.50 bits per heavy atom. The van der Waals surface area contributed by atoms with Gasteiger partial charge in [0, 0.05) is 13.1 Å². The molecule has 104 valence electrons. The van der Waals surface area contributed by atoms with Gasteiger partial charge < -0.3 is 20.7 Å². The van der Waals surface area contributed by atoms with E-state index in [-0.39, 0.29) is 11.9 Å². The van der Waals surface area contributed by atoms with Crippen LogP contribution in [-0.2, 0) is 9.53 Å². The van der Waals surface area contributed by atoms with Crippen LogP contribution in [0.4, 0.5) is 4.79 Å². The van der Waals surface area contributed by atoms with E-state index in [0.29, 0.717) is 25.4 Å². The van der Waals surface area contributed by atoms with Crippen molar-refractivity contribution in [3.63, 3.8) is 0 Å². The highest BCUT2D eigenvalue weighted by Gasteiger charge is 2.30. The number of likely N-dealkylation sites (tertiary alicyclic amines) is 1. The molecule has 0 saturated carbocycles. The van der Waals surface area contributed by atoms with Crippen molar-refractivity contribution in [1.29, 1.82) is 0 Å². The van der Waals surface area contributed by atoms with Gasteiger partial charge in [0.2, 0.25) is 5.91 Å². The van der Waals surface area contributed by atoms with Crippen molar-refractivity contribution in [3.05, 3.63) is 0 Å². The predicted molar refractivity (Wildman–Crippen MR) is 68.0 cm³/mol. The molecular weight excluding hydrogens is 234 g/mol. The van der Waals surface area contributed by atoms with Crippen molar-refractivity contribution in [2.75, 3.05) is 20.2 Å². The van der Waals surface area contributed by atoms with Crippen molar-refractivity contribution in [1.82, 2.24) is 10.2 Å². The number of carbonyl (C=O) groups is 2. The number of alkyl carbamates (subject to hydrolysis) is 1. The summed E-state index contributed by atoms with van der Waals surface area (Å²) < 4.78 is 4.53. The zero-order chi connectivity index (χ0) is 13.7. The maximum atomic E-state index is 12.0. The number of rotatable bonds is 4. The average Bonchev–Trinajstić information content (AvgIpc) is 2.75. The number of nitrogens with zero attached hydrogens (tertiary/aromatic N) is 1. The molecule has 1 aliphatic rings. The largest absolute Gasteiger partial charge is 0.453 e. The number of amides is 2. The Labute approximate surface area is 108 Å². The smallest absolute Gasteiger partial charge is 0.407 e. The van der Waals surface area contributed by atoms with Crippen molar-refractivity contribution in [2.45, 2.75) is 38.8 Å². The van der Waals surface area contributed by atoms with Crippen molar-refractivity contribution in [2.24, 2.45) is 11.7 Å². The third-order valence-electron chi connectivity index (χ3n) is 3.05. The number of carbonyl (C=O) groups excluding carboxylic acids is 2. The SMILES string of the molecule is COC(=O)NC1CCN(C(=O)[C@@H](N)CC(C)C)C1. The standard InChI is InChI=1S/C12H23N3O3/c1-8(2)6-10(13)11(16)15-5-4-9(7-15)14-12(17)18-3/h8-10H,4-7,13H2,1-3H3,(H,14,17)/t9?,10-/m0/s1. The molecule has 18 heavy (non-hydrogen) atoms. The Bertz CT molecular complexity index is 307. The molecule has 1 fully saturated rings. The molecule has 1 aliphatic heterocycles. The topological polar surface area (TPSA) is 84.7 Å². The lowest BCUT2D eigenvalue weighted by molar-refractivity contribution is -0.131. The van der Waals surface area contributed by atoms with Crippen LogP contribution in [0.25, 0.3) is 0 Å². The molecule has 6 nitrogen and oxygen atoms in total. The highest BCUT2D eigenvalue weighted by atomic mass is 16.5. The van der Waals surface area contributed by atoms with Crippen molar-refractivity contribution >= 4 is 12.0 Å². The second-order valence-electron chi connectivity index (χ2n) is 5.14. The molecule has 3 N–H and O–H groups in total. The molecule has 0 aromatic rings. The zero-order valence-corrected chi connectivity index (χ0v) is 11.3. The number of hydrogen-bond acceptors (Lipinski definition) is 4. The number of hydrogen-bond donors (Lipinski definition) is 2. The fourth-order valence-corrected chi connectivity index (χ4v) is 2.15. The first-order valence-corrected chi connectivity index (χ1v) is 6.33. The molecule has 0 aliphatic carbocycles. The fourth-order valence-electron chi connectivity index (χ4n) is 2.15. The normalized spacial score (nSPS) is 20.9. The van der Waals surface area contributed by atoms with Gasteiger partial charge in [0.1, 0.15) is 0 Å². The molecular formula is C12H23N3O3. The number of ether oxygens (including phenoxy) is 1. The summed E-state index contributed by atoms with van der Waals surface area (Å²) in [5.74, 6) is 0.369. The van der Waals surface area contributed by atoms with Gasteiger partial charge in [-0.25, -0.2) is 4.79 Å². The molecule has 1 heterocycles. The van der Waals surface area contributed by atoms with Crippen LogP contribution in [0.15, 0.2) is 0 Å². The van der Waals surface area contributed by atoms with E-state index in [1.165, 1.54) is 7.11 Å². The van der Waals surface area contributed by atoms with Crippen LogP contribution in [0.3, 0.4) is 0 Å². The summed E-state index contributed by atoms with van der Waals surface area (Å²) >= 11 is 0. The predicted octanol–water partition coefficient (Wildman–Crippen LogP) is 0.317. The lowest BCUT2D eigenvalue weighted by atomic mass is 10.0. The molecule has 0 aromatic carbocycles. The van der Waals surface area contributed by atoms with Crippen LogP contribution in [0.1, 0.15) is 26.7 Å². The molecule has 0 aromatic heterocycles. The molecule has 0 bridgehead atoms. The molecule has 1 unspecified atom stereocenters. The minimum Gasteiger partial charge on any atom is -0.453 e. The minimum absolute atomic E-state index is 0.0298. The summed E-state index contributed by atoms with van der Waals surface area (Å²) in [6.07, 6.45) is 0.973. The first-order chi connectivity index (χ1) is 8.43. The summed E-state index contributed by atoms with van der Waals surface area (Å²) in [5.41, 5.74) is 5.87. The van der Waals surface area contributed by atoms with E-state index in [2.05, 4.69) is 10.1 Å². The van der Waals surface area contributed by atoms with E-state index < -0.39 is 12.1 Å². The molecule has 0 spiro atoms. The summed E-state index contributed by atoms with van der Waals surface area (Å²) in [4.78, 5) is 24.8.